The molecule has 2 fully saturated rings. The van der Waals surface area contributed by atoms with Crippen molar-refractivity contribution in [2.75, 3.05) is 18.4 Å². The maximum absolute atomic E-state index is 13.7. The van der Waals surface area contributed by atoms with Crippen molar-refractivity contribution in [1.82, 2.24) is 29.1 Å². The minimum Gasteiger partial charge on any atom is -0.506 e. The van der Waals surface area contributed by atoms with Crippen molar-refractivity contribution in [3.8, 4) is 11.4 Å². The fourth-order valence-electron chi connectivity index (χ4n) is 6.47. The zero-order valence-corrected chi connectivity index (χ0v) is 23.5. The van der Waals surface area contributed by atoms with Gasteiger partial charge in [0.1, 0.15) is 11.6 Å². The SMILES string of the molecule is Cc1cc2c(cnn2-c2ccc(F)cc2)cc1[C@@]12CN(S(=O)(=O)c3cnn(C)n3)C[C@@H]1[C@H]2C(=O)Nc1ccccc1O. The first kappa shape index (κ1) is 26.3. The summed E-state index contributed by atoms with van der Waals surface area (Å²) in [6, 6.07) is 16.4. The Morgan fingerprint density at radius 2 is 1.86 bits per heavy atom. The molecule has 1 saturated heterocycles. The van der Waals surface area contributed by atoms with E-state index in [1.165, 1.54) is 33.5 Å². The summed E-state index contributed by atoms with van der Waals surface area (Å²) in [6.07, 6.45) is 2.92. The summed E-state index contributed by atoms with van der Waals surface area (Å²) in [7, 11) is -2.40. The van der Waals surface area contributed by atoms with Gasteiger partial charge >= 0.3 is 0 Å². The molecule has 3 heterocycles. The van der Waals surface area contributed by atoms with Crippen molar-refractivity contribution in [3.63, 3.8) is 0 Å². The number of fused-ring (bicyclic) bond motifs is 2. The van der Waals surface area contributed by atoms with Gasteiger partial charge in [-0.05, 0) is 72.5 Å². The van der Waals surface area contributed by atoms with E-state index in [0.29, 0.717) is 11.4 Å². The molecule has 3 aromatic carbocycles. The number of amides is 1. The number of nitrogens with one attached hydrogen (secondary N) is 1. The zero-order valence-electron chi connectivity index (χ0n) is 22.6. The Morgan fingerprint density at radius 3 is 2.57 bits per heavy atom. The number of phenolic OH excluding ortho intramolecular Hbond substituents is 1. The molecule has 1 aliphatic heterocycles. The highest BCUT2D eigenvalue weighted by Gasteiger charge is 2.74. The van der Waals surface area contributed by atoms with E-state index in [0.717, 1.165) is 22.0 Å². The van der Waals surface area contributed by atoms with E-state index in [1.807, 2.05) is 19.1 Å². The van der Waals surface area contributed by atoms with Crippen LogP contribution in [0.3, 0.4) is 0 Å². The van der Waals surface area contributed by atoms with E-state index in [4.69, 9.17) is 0 Å². The maximum Gasteiger partial charge on any atom is 0.264 e. The van der Waals surface area contributed by atoms with Gasteiger partial charge in [0.15, 0.2) is 0 Å². The number of carbonyl (C=O) groups excluding carboxylic acids is 1. The van der Waals surface area contributed by atoms with E-state index >= 15 is 0 Å². The molecule has 11 nitrogen and oxygen atoms in total. The van der Waals surface area contributed by atoms with Crippen LogP contribution in [0.1, 0.15) is 11.1 Å². The van der Waals surface area contributed by atoms with Crippen LogP contribution >= 0.6 is 0 Å². The lowest BCUT2D eigenvalue weighted by atomic mass is 9.88. The number of hydrogen-bond acceptors (Lipinski definition) is 7. The molecule has 0 spiro atoms. The first-order valence-electron chi connectivity index (χ1n) is 13.3. The van der Waals surface area contributed by atoms with E-state index < -0.39 is 21.4 Å². The Labute approximate surface area is 240 Å². The van der Waals surface area contributed by atoms with Crippen LogP contribution in [-0.4, -0.2) is 61.6 Å². The molecule has 1 aliphatic carbocycles. The standard InChI is InChI=1S/C29H26FN7O4S/c1-17-11-24-18(13-32-37(24)20-9-7-19(30)8-10-20)12-21(17)29-16-36(42(40,41)26-14-31-35(2)34-26)15-22(29)27(29)28(39)33-23-5-3-4-6-25(23)38/h3-14,22,27,38H,15-16H2,1-2H3,(H,33,39)/t22-,27+,29+/m1/s1. The topological polar surface area (TPSA) is 135 Å². The number of aryl methyl sites for hydroxylation is 2. The predicted octanol–water partition coefficient (Wildman–Crippen LogP) is 3.13. The van der Waals surface area contributed by atoms with Crippen molar-refractivity contribution < 1.29 is 22.7 Å². The third-order valence-electron chi connectivity index (χ3n) is 8.46. The largest absolute Gasteiger partial charge is 0.506 e. The fourth-order valence-corrected chi connectivity index (χ4v) is 7.87. The van der Waals surface area contributed by atoms with Crippen LogP contribution in [0.2, 0.25) is 0 Å². The van der Waals surface area contributed by atoms with Crippen LogP contribution in [0, 0.1) is 24.6 Å². The zero-order chi connectivity index (χ0) is 29.4. The summed E-state index contributed by atoms with van der Waals surface area (Å²) < 4.78 is 43.7. The van der Waals surface area contributed by atoms with Crippen molar-refractivity contribution in [3.05, 3.63) is 90.0 Å². The molecule has 214 valence electrons. The fraction of sp³-hybridized carbons (Fsp3) is 0.241. The molecule has 42 heavy (non-hydrogen) atoms. The van der Waals surface area contributed by atoms with Crippen LogP contribution in [0.15, 0.2) is 78.1 Å². The summed E-state index contributed by atoms with van der Waals surface area (Å²) in [4.78, 5) is 14.9. The summed E-state index contributed by atoms with van der Waals surface area (Å²) >= 11 is 0. The second-order valence-corrected chi connectivity index (χ2v) is 12.7. The third-order valence-corrected chi connectivity index (χ3v) is 10.1. The number of anilines is 1. The lowest BCUT2D eigenvalue weighted by molar-refractivity contribution is -0.118. The van der Waals surface area contributed by atoms with Crippen LogP contribution in [0.4, 0.5) is 10.1 Å². The summed E-state index contributed by atoms with van der Waals surface area (Å²) in [5.74, 6) is -1.53. The highest BCUT2D eigenvalue weighted by atomic mass is 32.2. The minimum atomic E-state index is -3.95. The number of aromatic hydroxyl groups is 1. The Kier molecular flexibility index (Phi) is 5.75. The number of rotatable bonds is 6. The predicted molar refractivity (Wildman–Crippen MR) is 151 cm³/mol. The number of benzene rings is 3. The lowest BCUT2D eigenvalue weighted by Crippen LogP contribution is -2.37. The highest BCUT2D eigenvalue weighted by molar-refractivity contribution is 7.89. The normalized spacial score (nSPS) is 21.9. The van der Waals surface area contributed by atoms with Crippen LogP contribution < -0.4 is 5.32 Å². The van der Waals surface area contributed by atoms with Crippen LogP contribution in [0.5, 0.6) is 5.75 Å². The van der Waals surface area contributed by atoms with Gasteiger partial charge in [0.25, 0.3) is 10.0 Å². The Bertz CT molecular complexity index is 1990. The minimum absolute atomic E-state index is 0.0524. The van der Waals surface area contributed by atoms with Gasteiger partial charge in [0, 0.05) is 30.9 Å². The van der Waals surface area contributed by atoms with Gasteiger partial charge in [-0.1, -0.05) is 12.1 Å². The quantitative estimate of drug-likeness (QED) is 0.292. The van der Waals surface area contributed by atoms with Gasteiger partial charge in [-0.15, -0.1) is 5.10 Å². The second kappa shape index (κ2) is 9.19. The number of hydrogen-bond donors (Lipinski definition) is 2. The smallest absolute Gasteiger partial charge is 0.264 e. The average molecular weight is 588 g/mol. The van der Waals surface area contributed by atoms with Crippen LogP contribution in [0.25, 0.3) is 16.6 Å². The summed E-state index contributed by atoms with van der Waals surface area (Å²) in [5, 5.41) is 26.2. The number of carbonyl (C=O) groups is 1. The first-order valence-corrected chi connectivity index (χ1v) is 14.7. The van der Waals surface area contributed by atoms with E-state index in [1.54, 1.807) is 48.3 Å². The Balaban J connectivity index is 1.29. The molecule has 0 radical (unpaired) electrons. The van der Waals surface area contributed by atoms with Gasteiger partial charge in [0.2, 0.25) is 10.9 Å². The third kappa shape index (κ3) is 3.91. The molecule has 2 N–H and O–H groups in total. The van der Waals surface area contributed by atoms with Gasteiger partial charge in [0.05, 0.1) is 35.2 Å². The second-order valence-electron chi connectivity index (χ2n) is 10.9. The van der Waals surface area contributed by atoms with Crippen LogP contribution in [-0.2, 0) is 27.3 Å². The molecule has 2 aromatic heterocycles. The van der Waals surface area contributed by atoms with Gasteiger partial charge in [-0.25, -0.2) is 17.5 Å². The molecule has 1 saturated carbocycles. The molecule has 5 aromatic rings. The average Bonchev–Trinajstić information content (AvgIpc) is 3.38. The molecule has 7 rings (SSSR count). The summed E-state index contributed by atoms with van der Waals surface area (Å²) in [6.45, 7) is 2.14. The summed E-state index contributed by atoms with van der Waals surface area (Å²) in [5.41, 5.74) is 2.71. The Morgan fingerprint density at radius 1 is 1.10 bits per heavy atom. The van der Waals surface area contributed by atoms with E-state index in [-0.39, 0.29) is 41.5 Å². The monoisotopic (exact) mass is 587 g/mol. The van der Waals surface area contributed by atoms with Gasteiger partial charge in [-0.2, -0.15) is 19.3 Å². The number of phenols is 1. The lowest BCUT2D eigenvalue weighted by Gasteiger charge is -2.24. The Hall–Kier alpha value is -4.62. The molecular weight excluding hydrogens is 561 g/mol. The number of halogens is 1. The molecule has 0 unspecified atom stereocenters. The van der Waals surface area contributed by atoms with Crippen molar-refractivity contribution >= 4 is 32.5 Å². The molecule has 3 atom stereocenters. The molecule has 0 bridgehead atoms. The van der Waals surface area contributed by atoms with Gasteiger partial charge < -0.3 is 10.4 Å². The number of sulfonamides is 1. The van der Waals surface area contributed by atoms with Crippen molar-refractivity contribution in [1.29, 1.82) is 0 Å². The van der Waals surface area contributed by atoms with Gasteiger partial charge in [-0.3, -0.25) is 4.79 Å². The van der Waals surface area contributed by atoms with Crippen molar-refractivity contribution in [2.45, 2.75) is 17.4 Å². The van der Waals surface area contributed by atoms with Crippen molar-refractivity contribution in [2.24, 2.45) is 18.9 Å². The maximum atomic E-state index is 13.7. The molecule has 2 aliphatic rings. The molecular formula is C29H26FN7O4S. The first-order chi connectivity index (χ1) is 20.1. The highest BCUT2D eigenvalue weighted by Crippen LogP contribution is 2.66. The number of nitrogens with zero attached hydrogens (tertiary/aromatic N) is 6. The number of para-hydroxylation sites is 2. The number of piperidine rings is 1. The van der Waals surface area contributed by atoms with E-state index in [9.17, 15) is 22.7 Å². The molecule has 1 amide bonds. The number of aromatic nitrogens is 5. The van der Waals surface area contributed by atoms with E-state index in [2.05, 4.69) is 20.6 Å². The molecule has 13 heteroatoms.